The van der Waals surface area contributed by atoms with Gasteiger partial charge in [-0.2, -0.15) is 4.31 Å². The van der Waals surface area contributed by atoms with E-state index in [1.807, 2.05) is 26.8 Å². The largest absolute Gasteiger partial charge is 0.496 e. The summed E-state index contributed by atoms with van der Waals surface area (Å²) >= 11 is 0. The van der Waals surface area contributed by atoms with Crippen LogP contribution in [0.2, 0.25) is 0 Å². The molecule has 1 aliphatic carbocycles. The molecule has 6 heteroatoms. The molecule has 1 saturated carbocycles. The van der Waals surface area contributed by atoms with Crippen molar-refractivity contribution in [3.63, 3.8) is 0 Å². The first-order valence-electron chi connectivity index (χ1n) is 8.11. The highest BCUT2D eigenvalue weighted by atomic mass is 32.2. The number of benzene rings is 1. The van der Waals surface area contributed by atoms with Crippen LogP contribution < -0.4 is 4.74 Å². The Morgan fingerprint density at radius 1 is 1.30 bits per heavy atom. The molecule has 0 unspecified atom stereocenters. The lowest BCUT2D eigenvalue weighted by Gasteiger charge is -2.35. The molecule has 2 aliphatic rings. The van der Waals surface area contributed by atoms with Crippen molar-refractivity contribution in [1.82, 2.24) is 4.31 Å². The summed E-state index contributed by atoms with van der Waals surface area (Å²) in [5.74, 6) is 0.943. The second kappa shape index (κ2) is 5.76. The van der Waals surface area contributed by atoms with Crippen LogP contribution in [0.15, 0.2) is 17.0 Å². The normalized spacial score (nSPS) is 20.9. The second-order valence-electron chi connectivity index (χ2n) is 6.87. The van der Waals surface area contributed by atoms with Crippen LogP contribution in [0, 0.1) is 6.92 Å². The highest BCUT2D eigenvalue weighted by Gasteiger charge is 2.55. The average molecular weight is 339 g/mol. The number of methoxy groups -OCH3 is 1. The van der Waals surface area contributed by atoms with Crippen LogP contribution >= 0.6 is 0 Å². The van der Waals surface area contributed by atoms with Gasteiger partial charge in [0.15, 0.2) is 0 Å². The first-order chi connectivity index (χ1) is 10.8. The Morgan fingerprint density at radius 2 is 2.00 bits per heavy atom. The summed E-state index contributed by atoms with van der Waals surface area (Å²) in [5, 5.41) is 0. The summed E-state index contributed by atoms with van der Waals surface area (Å²) in [5.41, 5.74) is 1.35. The summed E-state index contributed by atoms with van der Waals surface area (Å²) in [7, 11) is -1.90. The number of rotatable bonds is 4. The Balaban J connectivity index is 2.08. The van der Waals surface area contributed by atoms with Crippen molar-refractivity contribution in [2.45, 2.75) is 50.0 Å². The fourth-order valence-electron chi connectivity index (χ4n) is 3.33. The minimum Gasteiger partial charge on any atom is -0.496 e. The Labute approximate surface area is 138 Å². The quantitative estimate of drug-likeness (QED) is 0.846. The lowest BCUT2D eigenvalue weighted by Crippen LogP contribution is -2.50. The van der Waals surface area contributed by atoms with Gasteiger partial charge in [-0.05, 0) is 48.9 Å². The summed E-state index contributed by atoms with van der Waals surface area (Å²) in [6.07, 6.45) is 1.77. The molecule has 2 fully saturated rings. The van der Waals surface area contributed by atoms with Gasteiger partial charge in [-0.15, -0.1) is 0 Å². The van der Waals surface area contributed by atoms with Crippen LogP contribution in [0.3, 0.4) is 0 Å². The summed E-state index contributed by atoms with van der Waals surface area (Å²) < 4.78 is 39.1. The van der Waals surface area contributed by atoms with Crippen molar-refractivity contribution < 1.29 is 17.9 Å². The Hall–Kier alpha value is -1.11. The van der Waals surface area contributed by atoms with E-state index in [-0.39, 0.29) is 11.5 Å². The van der Waals surface area contributed by atoms with Gasteiger partial charge >= 0.3 is 0 Å². The van der Waals surface area contributed by atoms with E-state index in [0.29, 0.717) is 24.7 Å². The standard InChI is InChI=1S/C17H25NO4S/c1-12(2)14-10-16(13(3)9-15(14)21-4)23(19,20)18-7-8-22-11-17(18)5-6-17/h9-10,12H,5-8,11H2,1-4H3. The molecule has 0 N–H and O–H groups in total. The van der Waals surface area contributed by atoms with Crippen molar-refractivity contribution in [2.24, 2.45) is 0 Å². The molecule has 0 atom stereocenters. The zero-order valence-electron chi connectivity index (χ0n) is 14.3. The van der Waals surface area contributed by atoms with Crippen LogP contribution in [0.4, 0.5) is 0 Å². The maximum Gasteiger partial charge on any atom is 0.244 e. The van der Waals surface area contributed by atoms with Crippen LogP contribution in [0.25, 0.3) is 0 Å². The molecule has 1 spiro atoms. The van der Waals surface area contributed by atoms with Gasteiger partial charge in [0.05, 0.1) is 30.8 Å². The van der Waals surface area contributed by atoms with Crippen LogP contribution in [-0.2, 0) is 14.8 Å². The van der Waals surface area contributed by atoms with Crippen LogP contribution in [-0.4, -0.2) is 45.1 Å². The fourth-order valence-corrected chi connectivity index (χ4v) is 5.37. The van der Waals surface area contributed by atoms with Crippen molar-refractivity contribution in [3.05, 3.63) is 23.3 Å². The SMILES string of the molecule is COc1cc(C)c(S(=O)(=O)N2CCOCC23CC3)cc1C(C)C. The highest BCUT2D eigenvalue weighted by molar-refractivity contribution is 7.89. The molecule has 128 valence electrons. The molecule has 23 heavy (non-hydrogen) atoms. The van der Waals surface area contributed by atoms with Crippen LogP contribution in [0.5, 0.6) is 5.75 Å². The zero-order valence-corrected chi connectivity index (χ0v) is 15.1. The molecule has 1 aromatic carbocycles. The van der Waals surface area contributed by atoms with E-state index in [2.05, 4.69) is 0 Å². The first-order valence-corrected chi connectivity index (χ1v) is 9.55. The van der Waals surface area contributed by atoms with Gasteiger partial charge in [-0.3, -0.25) is 0 Å². The number of sulfonamides is 1. The molecule has 1 aliphatic heterocycles. The predicted octanol–water partition coefficient (Wildman–Crippen LogP) is 2.68. The van der Waals surface area contributed by atoms with Gasteiger partial charge in [-0.1, -0.05) is 13.8 Å². The van der Waals surface area contributed by atoms with Gasteiger partial charge in [0, 0.05) is 6.54 Å². The number of nitrogens with zero attached hydrogens (tertiary/aromatic N) is 1. The predicted molar refractivity (Wildman–Crippen MR) is 88.5 cm³/mol. The van der Waals surface area contributed by atoms with Crippen LogP contribution in [0.1, 0.15) is 43.7 Å². The zero-order chi connectivity index (χ0) is 16.8. The van der Waals surface area contributed by atoms with Gasteiger partial charge < -0.3 is 9.47 Å². The number of ether oxygens (including phenoxy) is 2. The van der Waals surface area contributed by atoms with E-state index >= 15 is 0 Å². The lowest BCUT2D eigenvalue weighted by molar-refractivity contribution is 0.0214. The monoisotopic (exact) mass is 339 g/mol. The molecular formula is C17H25NO4S. The number of morpholine rings is 1. The van der Waals surface area contributed by atoms with E-state index in [1.165, 1.54) is 0 Å². The van der Waals surface area contributed by atoms with Crippen molar-refractivity contribution >= 4 is 10.0 Å². The average Bonchev–Trinajstić information content (AvgIpc) is 3.26. The Morgan fingerprint density at radius 3 is 2.57 bits per heavy atom. The van der Waals surface area contributed by atoms with E-state index < -0.39 is 10.0 Å². The number of hydrogen-bond donors (Lipinski definition) is 0. The van der Waals surface area contributed by atoms with E-state index in [0.717, 1.165) is 29.7 Å². The van der Waals surface area contributed by atoms with Gasteiger partial charge in [-0.25, -0.2) is 8.42 Å². The number of aryl methyl sites for hydroxylation is 1. The smallest absolute Gasteiger partial charge is 0.244 e. The summed E-state index contributed by atoms with van der Waals surface area (Å²) in [6.45, 7) is 7.33. The molecule has 1 heterocycles. The maximum absolute atomic E-state index is 13.3. The topological polar surface area (TPSA) is 55.8 Å². The first kappa shape index (κ1) is 16.7. The minimum absolute atomic E-state index is 0.194. The molecule has 1 saturated heterocycles. The van der Waals surface area contributed by atoms with Crippen molar-refractivity contribution in [1.29, 1.82) is 0 Å². The molecule has 1 aromatic rings. The summed E-state index contributed by atoms with van der Waals surface area (Å²) in [4.78, 5) is 0.398. The van der Waals surface area contributed by atoms with Gasteiger partial charge in [0.25, 0.3) is 0 Å². The maximum atomic E-state index is 13.3. The third-order valence-electron chi connectivity index (χ3n) is 4.88. The molecule has 0 radical (unpaired) electrons. The second-order valence-corrected chi connectivity index (χ2v) is 8.70. The molecule has 3 rings (SSSR count). The van der Waals surface area contributed by atoms with Gasteiger partial charge in [0.2, 0.25) is 10.0 Å². The molecular weight excluding hydrogens is 314 g/mol. The Kier molecular flexibility index (Phi) is 4.19. The molecule has 0 amide bonds. The third kappa shape index (κ3) is 2.77. The number of hydrogen-bond acceptors (Lipinski definition) is 4. The van der Waals surface area contributed by atoms with E-state index in [9.17, 15) is 8.42 Å². The minimum atomic E-state index is -3.52. The fraction of sp³-hybridized carbons (Fsp3) is 0.647. The van der Waals surface area contributed by atoms with E-state index in [1.54, 1.807) is 17.5 Å². The third-order valence-corrected chi connectivity index (χ3v) is 7.03. The lowest BCUT2D eigenvalue weighted by atomic mass is 10.0. The van der Waals surface area contributed by atoms with Crippen molar-refractivity contribution in [3.8, 4) is 5.75 Å². The Bertz CT molecular complexity index is 708. The van der Waals surface area contributed by atoms with Gasteiger partial charge in [0.1, 0.15) is 5.75 Å². The molecule has 5 nitrogen and oxygen atoms in total. The van der Waals surface area contributed by atoms with E-state index in [4.69, 9.17) is 9.47 Å². The summed E-state index contributed by atoms with van der Waals surface area (Å²) in [6, 6.07) is 3.63. The molecule has 0 aromatic heterocycles. The van der Waals surface area contributed by atoms with Crippen molar-refractivity contribution in [2.75, 3.05) is 26.9 Å². The molecule has 0 bridgehead atoms. The highest BCUT2D eigenvalue weighted by Crippen LogP contribution is 2.47.